The number of thiophene rings is 1. The fraction of sp³-hybridized carbons (Fsp3) is 0.412. The van der Waals surface area contributed by atoms with Crippen molar-refractivity contribution in [2.75, 3.05) is 37.7 Å². The maximum absolute atomic E-state index is 12.9. The van der Waals surface area contributed by atoms with Crippen molar-refractivity contribution in [2.45, 2.75) is 16.3 Å². The monoisotopic (exact) mass is 404 g/mol. The quantitative estimate of drug-likeness (QED) is 0.832. The third-order valence-electron chi connectivity index (χ3n) is 4.38. The van der Waals surface area contributed by atoms with Gasteiger partial charge < -0.3 is 10.0 Å². The van der Waals surface area contributed by atoms with E-state index in [1.165, 1.54) is 23.5 Å². The highest BCUT2D eigenvalue weighted by Gasteiger charge is 2.40. The number of piperazine rings is 1. The molecule has 26 heavy (non-hydrogen) atoms. The smallest absolute Gasteiger partial charge is 0.395 e. The Morgan fingerprint density at radius 1 is 1.12 bits per heavy atom. The number of halogens is 3. The Kier molecular flexibility index (Phi) is 6.01. The average Bonchev–Trinajstić information content (AvgIpc) is 3.16. The number of hydrogen-bond donors (Lipinski definition) is 1. The maximum atomic E-state index is 12.9. The molecule has 0 aliphatic carbocycles. The molecule has 1 fully saturated rings. The zero-order valence-corrected chi connectivity index (χ0v) is 15.5. The van der Waals surface area contributed by atoms with Gasteiger partial charge in [0.05, 0.1) is 6.61 Å². The second kappa shape index (κ2) is 8.08. The molecule has 1 aliphatic rings. The number of aliphatic hydroxyl groups excluding tert-OH is 1. The summed E-state index contributed by atoms with van der Waals surface area (Å²) >= 11 is 1.46. The zero-order chi connectivity index (χ0) is 18.7. The van der Waals surface area contributed by atoms with Crippen LogP contribution in [-0.4, -0.2) is 52.6 Å². The van der Waals surface area contributed by atoms with Crippen molar-refractivity contribution >= 4 is 28.0 Å². The van der Waals surface area contributed by atoms with E-state index in [2.05, 4.69) is 4.90 Å². The van der Waals surface area contributed by atoms with E-state index in [0.29, 0.717) is 26.2 Å². The van der Waals surface area contributed by atoms with Crippen LogP contribution in [0.2, 0.25) is 0 Å². The van der Waals surface area contributed by atoms with E-state index in [9.17, 15) is 17.4 Å². The number of hydrogen-bond acceptors (Lipinski definition) is 4. The van der Waals surface area contributed by atoms with E-state index in [0.717, 1.165) is 9.90 Å². The van der Waals surface area contributed by atoms with Gasteiger partial charge in [-0.1, -0.05) is 18.2 Å². The lowest BCUT2D eigenvalue weighted by Crippen LogP contribution is -2.46. The Bertz CT molecular complexity index is 727. The summed E-state index contributed by atoms with van der Waals surface area (Å²) in [5.41, 5.74) is 0.885. The van der Waals surface area contributed by atoms with Crippen molar-refractivity contribution in [3.8, 4) is 0 Å². The van der Waals surface area contributed by atoms with Crippen LogP contribution in [0.3, 0.4) is 0 Å². The second-order valence-corrected chi connectivity index (χ2v) is 8.63. The number of aliphatic hydroxyl groups is 1. The van der Waals surface area contributed by atoms with Crippen molar-refractivity contribution in [1.82, 2.24) is 4.31 Å². The summed E-state index contributed by atoms with van der Waals surface area (Å²) in [6.07, 6.45) is -4.46. The van der Waals surface area contributed by atoms with Crippen LogP contribution in [0.15, 0.2) is 46.0 Å². The van der Waals surface area contributed by atoms with Crippen LogP contribution in [0.4, 0.5) is 18.9 Å². The van der Waals surface area contributed by atoms with Gasteiger partial charge in [0.25, 0.3) is 0 Å². The highest BCUT2D eigenvalue weighted by atomic mass is 32.2. The largest absolute Gasteiger partial charge is 0.397 e. The molecule has 0 amide bonds. The number of benzene rings is 1. The third kappa shape index (κ3) is 4.28. The lowest BCUT2D eigenvalue weighted by molar-refractivity contribution is -0.158. The summed E-state index contributed by atoms with van der Waals surface area (Å²) < 4.78 is 53.9. The molecule has 142 valence electrons. The van der Waals surface area contributed by atoms with Crippen molar-refractivity contribution in [1.29, 1.82) is 0 Å². The summed E-state index contributed by atoms with van der Waals surface area (Å²) in [4.78, 5) is 2.06. The molecule has 0 spiro atoms. The molecule has 1 aromatic heterocycles. The summed E-state index contributed by atoms with van der Waals surface area (Å²) in [5.74, 6) is -1.86. The number of nitrogens with zero attached hydrogens (tertiary/aromatic N) is 2. The fourth-order valence-corrected chi connectivity index (χ4v) is 5.12. The Labute approximate surface area is 156 Å². The topological polar surface area (TPSA) is 43.8 Å². The molecule has 1 aliphatic heterocycles. The molecule has 2 unspecified atom stereocenters. The fourth-order valence-electron chi connectivity index (χ4n) is 2.92. The molecular formula is C17H19F3N2O2S2. The average molecular weight is 404 g/mol. The third-order valence-corrected chi connectivity index (χ3v) is 7.07. The zero-order valence-electron chi connectivity index (χ0n) is 13.9. The minimum Gasteiger partial charge on any atom is -0.395 e. The van der Waals surface area contributed by atoms with Gasteiger partial charge in [0.2, 0.25) is 0 Å². The molecule has 0 bridgehead atoms. The molecule has 4 nitrogen and oxygen atoms in total. The number of anilines is 1. The van der Waals surface area contributed by atoms with Gasteiger partial charge in [0.15, 0.2) is 0 Å². The van der Waals surface area contributed by atoms with Gasteiger partial charge in [-0.05, 0) is 29.1 Å². The first-order valence-electron chi connectivity index (χ1n) is 8.13. The molecule has 2 aromatic rings. The van der Waals surface area contributed by atoms with Crippen LogP contribution in [0.1, 0.15) is 11.5 Å². The van der Waals surface area contributed by atoms with Crippen LogP contribution in [0.5, 0.6) is 0 Å². The number of alkyl halides is 3. The molecule has 0 radical (unpaired) electrons. The second-order valence-electron chi connectivity index (χ2n) is 5.97. The SMILES string of the molecule is O=S(c1cccs1)N1CCN(c2ccc(C(CO)C(F)(F)F)cc2)CC1. The standard InChI is InChI=1S/C17H19F3N2O2S2/c18-17(19,20)15(12-23)13-3-5-14(6-4-13)21-7-9-22(10-8-21)26(24)16-2-1-11-25-16/h1-6,11,15,23H,7-10,12H2. The Morgan fingerprint density at radius 3 is 2.27 bits per heavy atom. The lowest BCUT2D eigenvalue weighted by Gasteiger charge is -2.35. The predicted octanol–water partition coefficient (Wildman–Crippen LogP) is 3.23. The lowest BCUT2D eigenvalue weighted by atomic mass is 9.99. The van der Waals surface area contributed by atoms with Crippen LogP contribution < -0.4 is 4.90 Å². The molecule has 2 atom stereocenters. The van der Waals surface area contributed by atoms with E-state index >= 15 is 0 Å². The van der Waals surface area contributed by atoms with Gasteiger partial charge in [-0.3, -0.25) is 0 Å². The Hall–Kier alpha value is -1.42. The van der Waals surface area contributed by atoms with Crippen LogP contribution in [0, 0.1) is 0 Å². The summed E-state index contributed by atoms with van der Waals surface area (Å²) in [7, 11) is -1.16. The van der Waals surface area contributed by atoms with Crippen LogP contribution in [-0.2, 0) is 11.0 Å². The molecule has 2 heterocycles. The van der Waals surface area contributed by atoms with Gasteiger partial charge in [-0.2, -0.15) is 13.2 Å². The van der Waals surface area contributed by atoms with Crippen molar-refractivity contribution in [2.24, 2.45) is 0 Å². The maximum Gasteiger partial charge on any atom is 0.397 e. The van der Waals surface area contributed by atoms with Gasteiger partial charge in [-0.15, -0.1) is 11.3 Å². The Morgan fingerprint density at radius 2 is 1.77 bits per heavy atom. The first kappa shape index (κ1) is 19.3. The molecule has 1 aromatic carbocycles. The minimum atomic E-state index is -4.46. The van der Waals surface area contributed by atoms with E-state index in [4.69, 9.17) is 5.11 Å². The predicted molar refractivity (Wildman–Crippen MR) is 96.8 cm³/mol. The molecular weight excluding hydrogens is 385 g/mol. The van der Waals surface area contributed by atoms with Crippen LogP contribution in [0.25, 0.3) is 0 Å². The normalized spacial score (nSPS) is 18.7. The first-order chi connectivity index (χ1) is 12.4. The van der Waals surface area contributed by atoms with E-state index in [1.807, 2.05) is 21.8 Å². The number of rotatable bonds is 5. The Balaban J connectivity index is 1.62. The molecule has 1 N–H and O–H groups in total. The minimum absolute atomic E-state index is 0.0567. The van der Waals surface area contributed by atoms with E-state index < -0.39 is 29.7 Å². The van der Waals surface area contributed by atoms with E-state index in [1.54, 1.807) is 12.1 Å². The van der Waals surface area contributed by atoms with Crippen LogP contribution >= 0.6 is 11.3 Å². The van der Waals surface area contributed by atoms with Gasteiger partial charge in [0.1, 0.15) is 21.1 Å². The summed E-state index contributed by atoms with van der Waals surface area (Å²) in [6, 6.07) is 9.85. The highest BCUT2D eigenvalue weighted by molar-refractivity contribution is 7.85. The molecule has 9 heteroatoms. The highest BCUT2D eigenvalue weighted by Crippen LogP contribution is 2.35. The first-order valence-corrected chi connectivity index (χ1v) is 10.1. The van der Waals surface area contributed by atoms with Crippen molar-refractivity contribution in [3.05, 3.63) is 47.3 Å². The summed E-state index contributed by atoms with van der Waals surface area (Å²) in [6.45, 7) is 1.58. The van der Waals surface area contributed by atoms with Crippen molar-refractivity contribution in [3.63, 3.8) is 0 Å². The molecule has 3 rings (SSSR count). The van der Waals surface area contributed by atoms with E-state index in [-0.39, 0.29) is 5.56 Å². The molecule has 1 saturated heterocycles. The summed E-state index contributed by atoms with van der Waals surface area (Å²) in [5, 5.41) is 10.9. The van der Waals surface area contributed by atoms with Gasteiger partial charge in [-0.25, -0.2) is 8.51 Å². The van der Waals surface area contributed by atoms with Gasteiger partial charge in [0, 0.05) is 31.9 Å². The molecule has 0 saturated carbocycles. The van der Waals surface area contributed by atoms with Crippen molar-refractivity contribution < 1.29 is 22.5 Å². The van der Waals surface area contributed by atoms with Gasteiger partial charge >= 0.3 is 6.18 Å².